The van der Waals surface area contributed by atoms with E-state index < -0.39 is 5.56 Å². The second-order valence-corrected chi connectivity index (χ2v) is 7.41. The van der Waals surface area contributed by atoms with E-state index in [2.05, 4.69) is 22.4 Å². The Hall–Kier alpha value is -1.60. The number of rotatable bonds is 4. The Morgan fingerprint density at radius 3 is 2.85 bits per heavy atom. The topological polar surface area (TPSA) is 59.4 Å². The molecule has 1 saturated heterocycles. The van der Waals surface area contributed by atoms with Crippen LogP contribution in [-0.4, -0.2) is 53.6 Å². The predicted molar refractivity (Wildman–Crippen MR) is 105 cm³/mol. The van der Waals surface area contributed by atoms with Gasteiger partial charge in [-0.2, -0.15) is 9.78 Å². The minimum atomic E-state index is -0.398. The molecule has 6 nitrogen and oxygen atoms in total. The number of morpholine rings is 1. The predicted octanol–water partition coefficient (Wildman–Crippen LogP) is 2.98. The van der Waals surface area contributed by atoms with Gasteiger partial charge in [-0.1, -0.05) is 29.3 Å². The van der Waals surface area contributed by atoms with Crippen LogP contribution in [0.25, 0.3) is 5.69 Å². The van der Waals surface area contributed by atoms with Crippen molar-refractivity contribution >= 4 is 28.9 Å². The van der Waals surface area contributed by atoms with Gasteiger partial charge in [0.25, 0.3) is 5.56 Å². The third kappa shape index (κ3) is 4.04. The lowest BCUT2D eigenvalue weighted by Gasteiger charge is -2.34. The lowest BCUT2D eigenvalue weighted by Crippen LogP contribution is -2.47. The minimum absolute atomic E-state index is 0.0129. The smallest absolute Gasteiger partial charge is 0.292 e. The summed E-state index contributed by atoms with van der Waals surface area (Å²) in [5, 5.41) is 8.16. The Kier molecular flexibility index (Phi) is 5.87. The summed E-state index contributed by atoms with van der Waals surface area (Å²) in [5.74, 6) is 0. The molecule has 2 heterocycles. The average molecular weight is 397 g/mol. The largest absolute Gasteiger partial charge is 0.377 e. The van der Waals surface area contributed by atoms with Crippen LogP contribution in [0.4, 0.5) is 5.69 Å². The van der Waals surface area contributed by atoms with Crippen molar-refractivity contribution in [3.8, 4) is 5.69 Å². The fraction of sp³-hybridized carbons (Fsp3) is 0.444. The molecule has 0 aliphatic carbocycles. The third-order valence-electron chi connectivity index (χ3n) is 4.56. The summed E-state index contributed by atoms with van der Waals surface area (Å²) < 4.78 is 7.05. The maximum atomic E-state index is 12.6. The molecular formula is C18H22Cl2N4O2. The van der Waals surface area contributed by atoms with Crippen LogP contribution in [0.5, 0.6) is 0 Å². The van der Waals surface area contributed by atoms with E-state index in [4.69, 9.17) is 27.9 Å². The molecule has 140 valence electrons. The van der Waals surface area contributed by atoms with Gasteiger partial charge in [-0.3, -0.25) is 4.79 Å². The first kappa shape index (κ1) is 19.2. The van der Waals surface area contributed by atoms with E-state index in [0.717, 1.165) is 18.7 Å². The van der Waals surface area contributed by atoms with E-state index in [1.807, 2.05) is 19.9 Å². The Morgan fingerprint density at radius 1 is 1.38 bits per heavy atom. The molecule has 26 heavy (non-hydrogen) atoms. The molecule has 1 fully saturated rings. The number of hydrogen-bond acceptors (Lipinski definition) is 5. The summed E-state index contributed by atoms with van der Waals surface area (Å²) in [6.45, 7) is 6.33. The first-order valence-corrected chi connectivity index (χ1v) is 9.23. The van der Waals surface area contributed by atoms with E-state index >= 15 is 0 Å². The summed E-state index contributed by atoms with van der Waals surface area (Å²) in [5.41, 5.74) is 1.60. The number of ether oxygens (including phenoxy) is 1. The van der Waals surface area contributed by atoms with Crippen LogP contribution in [0.3, 0.4) is 0 Å². The highest BCUT2D eigenvalue weighted by molar-refractivity contribution is 6.33. The van der Waals surface area contributed by atoms with Crippen LogP contribution in [-0.2, 0) is 4.74 Å². The van der Waals surface area contributed by atoms with E-state index in [1.54, 1.807) is 18.3 Å². The molecule has 0 radical (unpaired) electrons. The zero-order valence-corrected chi connectivity index (χ0v) is 16.5. The highest BCUT2D eigenvalue weighted by atomic mass is 35.5. The van der Waals surface area contributed by atoms with Crippen molar-refractivity contribution in [1.29, 1.82) is 0 Å². The van der Waals surface area contributed by atoms with Crippen LogP contribution >= 0.6 is 23.2 Å². The standard InChI is InChI=1S/C18H22Cl2N4O2/c1-11-4-5-13(8-14(11)19)24-18(25)17(20)15(9-21-24)22-12(2)16-10-23(3)6-7-26-16/h4-5,8-9,12,16,22H,6-7,10H2,1-3H3. The van der Waals surface area contributed by atoms with Gasteiger partial charge in [0.05, 0.1) is 36.3 Å². The maximum Gasteiger partial charge on any atom is 0.292 e. The van der Waals surface area contributed by atoms with Crippen molar-refractivity contribution in [3.63, 3.8) is 0 Å². The number of nitrogens with one attached hydrogen (secondary N) is 1. The lowest BCUT2D eigenvalue weighted by molar-refractivity contribution is -0.0259. The summed E-state index contributed by atoms with van der Waals surface area (Å²) in [7, 11) is 2.06. The van der Waals surface area contributed by atoms with Crippen LogP contribution in [0.2, 0.25) is 10.0 Å². The van der Waals surface area contributed by atoms with Crippen molar-refractivity contribution in [3.05, 3.63) is 50.4 Å². The highest BCUT2D eigenvalue weighted by Gasteiger charge is 2.24. The zero-order valence-electron chi connectivity index (χ0n) is 15.0. The van der Waals surface area contributed by atoms with Crippen molar-refractivity contribution in [2.75, 3.05) is 32.1 Å². The molecule has 1 aromatic heterocycles. The van der Waals surface area contributed by atoms with Crippen molar-refractivity contribution in [2.45, 2.75) is 26.0 Å². The van der Waals surface area contributed by atoms with Gasteiger partial charge in [-0.15, -0.1) is 0 Å². The van der Waals surface area contributed by atoms with Gasteiger partial charge in [0, 0.05) is 18.1 Å². The molecule has 0 amide bonds. The van der Waals surface area contributed by atoms with E-state index in [1.165, 1.54) is 4.68 Å². The fourth-order valence-electron chi connectivity index (χ4n) is 2.88. The van der Waals surface area contributed by atoms with Gasteiger partial charge in [0.1, 0.15) is 5.02 Å². The average Bonchev–Trinajstić information content (AvgIpc) is 2.61. The van der Waals surface area contributed by atoms with Gasteiger partial charge in [0.15, 0.2) is 0 Å². The SMILES string of the molecule is Cc1ccc(-n2ncc(NC(C)C3CN(C)CCO3)c(Cl)c2=O)cc1Cl. The monoisotopic (exact) mass is 396 g/mol. The molecule has 1 aromatic carbocycles. The molecule has 2 aromatic rings. The van der Waals surface area contributed by atoms with Gasteiger partial charge < -0.3 is 15.0 Å². The molecule has 2 atom stereocenters. The van der Waals surface area contributed by atoms with Crippen LogP contribution in [0, 0.1) is 6.92 Å². The van der Waals surface area contributed by atoms with E-state index in [-0.39, 0.29) is 17.2 Å². The van der Waals surface area contributed by atoms with Gasteiger partial charge in [-0.05, 0) is 38.6 Å². The quantitative estimate of drug-likeness (QED) is 0.860. The maximum absolute atomic E-state index is 12.6. The number of nitrogens with zero attached hydrogens (tertiary/aromatic N) is 3. The summed E-state index contributed by atoms with van der Waals surface area (Å²) in [6, 6.07) is 5.31. The summed E-state index contributed by atoms with van der Waals surface area (Å²) in [6.07, 6.45) is 1.57. The Balaban J connectivity index is 1.83. The second kappa shape index (κ2) is 7.96. The van der Waals surface area contributed by atoms with Crippen LogP contribution in [0.1, 0.15) is 12.5 Å². The van der Waals surface area contributed by atoms with E-state index in [0.29, 0.717) is 23.0 Å². The summed E-state index contributed by atoms with van der Waals surface area (Å²) in [4.78, 5) is 14.9. The van der Waals surface area contributed by atoms with Gasteiger partial charge in [-0.25, -0.2) is 0 Å². The molecule has 1 N–H and O–H groups in total. The number of aryl methyl sites for hydroxylation is 1. The van der Waals surface area contributed by atoms with Crippen LogP contribution in [0.15, 0.2) is 29.2 Å². The Bertz CT molecular complexity index is 856. The normalized spacial score (nSPS) is 19.3. The number of likely N-dealkylation sites (N-methyl/N-ethyl adjacent to an activating group) is 1. The lowest BCUT2D eigenvalue weighted by atomic mass is 10.1. The van der Waals surface area contributed by atoms with Gasteiger partial charge >= 0.3 is 0 Å². The molecule has 2 unspecified atom stereocenters. The first-order valence-electron chi connectivity index (χ1n) is 8.48. The molecule has 8 heteroatoms. The van der Waals surface area contributed by atoms with Crippen molar-refractivity contribution in [2.24, 2.45) is 0 Å². The number of hydrogen-bond donors (Lipinski definition) is 1. The molecule has 1 aliphatic rings. The number of halogens is 2. The molecule has 0 spiro atoms. The Morgan fingerprint density at radius 2 is 2.15 bits per heavy atom. The number of benzene rings is 1. The molecule has 1 aliphatic heterocycles. The minimum Gasteiger partial charge on any atom is -0.377 e. The fourth-order valence-corrected chi connectivity index (χ4v) is 3.24. The highest BCUT2D eigenvalue weighted by Crippen LogP contribution is 2.22. The van der Waals surface area contributed by atoms with Crippen LogP contribution < -0.4 is 10.9 Å². The molecule has 0 bridgehead atoms. The van der Waals surface area contributed by atoms with Crippen molar-refractivity contribution in [1.82, 2.24) is 14.7 Å². The van der Waals surface area contributed by atoms with E-state index in [9.17, 15) is 4.79 Å². The number of aromatic nitrogens is 2. The molecular weight excluding hydrogens is 375 g/mol. The second-order valence-electron chi connectivity index (χ2n) is 6.63. The Labute approximate surface area is 162 Å². The third-order valence-corrected chi connectivity index (χ3v) is 5.33. The molecule has 3 rings (SSSR count). The van der Waals surface area contributed by atoms with Crippen molar-refractivity contribution < 1.29 is 4.74 Å². The molecule has 0 saturated carbocycles. The number of anilines is 1. The first-order chi connectivity index (χ1) is 12.4. The van der Waals surface area contributed by atoms with Gasteiger partial charge in [0.2, 0.25) is 0 Å². The zero-order chi connectivity index (χ0) is 18.8. The summed E-state index contributed by atoms with van der Waals surface area (Å²) >= 11 is 12.5.